The molecule has 0 aromatic rings. The zero-order valence-electron chi connectivity index (χ0n) is 8.46. The standard InChI is InChI=1S/C10H20Cl2O2/c11-7-9(13)5-3-1-2-4-6-10(14)8-12/h9-10,13-14H,1-8H2/t9-,10-/m1/s1. The van der Waals surface area contributed by atoms with E-state index in [1.165, 1.54) is 0 Å². The molecule has 0 heterocycles. The van der Waals surface area contributed by atoms with E-state index in [4.69, 9.17) is 33.4 Å². The van der Waals surface area contributed by atoms with Crippen molar-refractivity contribution in [2.45, 2.75) is 50.7 Å². The monoisotopic (exact) mass is 242 g/mol. The Labute approximate surface area is 96.2 Å². The predicted molar refractivity (Wildman–Crippen MR) is 61.2 cm³/mol. The van der Waals surface area contributed by atoms with Crippen LogP contribution in [0.1, 0.15) is 38.5 Å². The van der Waals surface area contributed by atoms with Crippen LogP contribution in [-0.4, -0.2) is 34.2 Å². The minimum Gasteiger partial charge on any atom is -0.392 e. The molecule has 0 aliphatic rings. The molecule has 0 fully saturated rings. The lowest BCUT2D eigenvalue weighted by atomic mass is 10.1. The van der Waals surface area contributed by atoms with Crippen LogP contribution in [0.2, 0.25) is 0 Å². The van der Waals surface area contributed by atoms with E-state index >= 15 is 0 Å². The zero-order valence-corrected chi connectivity index (χ0v) is 9.97. The van der Waals surface area contributed by atoms with Crippen LogP contribution in [0.5, 0.6) is 0 Å². The Morgan fingerprint density at radius 2 is 1.07 bits per heavy atom. The highest BCUT2D eigenvalue weighted by atomic mass is 35.5. The van der Waals surface area contributed by atoms with Crippen LogP contribution in [0.25, 0.3) is 0 Å². The number of hydrogen-bond acceptors (Lipinski definition) is 2. The molecule has 14 heavy (non-hydrogen) atoms. The smallest absolute Gasteiger partial charge is 0.0675 e. The number of alkyl halides is 2. The average molecular weight is 243 g/mol. The fourth-order valence-corrected chi connectivity index (χ4v) is 1.58. The van der Waals surface area contributed by atoms with Gasteiger partial charge in [0.25, 0.3) is 0 Å². The molecule has 2 N–H and O–H groups in total. The Hall–Kier alpha value is 0.500. The van der Waals surface area contributed by atoms with Crippen LogP contribution in [0, 0.1) is 0 Å². The summed E-state index contributed by atoms with van der Waals surface area (Å²) in [4.78, 5) is 0. The molecule has 0 aliphatic carbocycles. The van der Waals surface area contributed by atoms with E-state index < -0.39 is 0 Å². The van der Waals surface area contributed by atoms with Gasteiger partial charge in [-0.1, -0.05) is 25.7 Å². The van der Waals surface area contributed by atoms with Gasteiger partial charge in [-0.3, -0.25) is 0 Å². The van der Waals surface area contributed by atoms with Crippen molar-refractivity contribution < 1.29 is 10.2 Å². The van der Waals surface area contributed by atoms with Crippen LogP contribution in [-0.2, 0) is 0 Å². The summed E-state index contributed by atoms with van der Waals surface area (Å²) < 4.78 is 0. The quantitative estimate of drug-likeness (QED) is 0.482. The summed E-state index contributed by atoms with van der Waals surface area (Å²) in [6, 6.07) is 0. The maximum absolute atomic E-state index is 9.15. The fourth-order valence-electron chi connectivity index (χ4n) is 1.27. The Morgan fingerprint density at radius 3 is 1.36 bits per heavy atom. The van der Waals surface area contributed by atoms with Gasteiger partial charge in [0.15, 0.2) is 0 Å². The van der Waals surface area contributed by atoms with Crippen LogP contribution in [0.4, 0.5) is 0 Å². The Balaban J connectivity index is 3.06. The highest BCUT2D eigenvalue weighted by Gasteiger charge is 2.02. The van der Waals surface area contributed by atoms with E-state index in [9.17, 15) is 0 Å². The summed E-state index contributed by atoms with van der Waals surface area (Å²) in [5.41, 5.74) is 0. The third-order valence-corrected chi connectivity index (χ3v) is 2.89. The normalized spacial score (nSPS) is 15.4. The van der Waals surface area contributed by atoms with Crippen molar-refractivity contribution >= 4 is 23.2 Å². The maximum atomic E-state index is 9.15. The first kappa shape index (κ1) is 14.5. The number of rotatable bonds is 9. The largest absolute Gasteiger partial charge is 0.392 e. The van der Waals surface area contributed by atoms with Crippen LogP contribution >= 0.6 is 23.2 Å². The van der Waals surface area contributed by atoms with Gasteiger partial charge in [-0.15, -0.1) is 23.2 Å². The SMILES string of the molecule is O[C@@H](CCl)CCCCCC[C@@H](O)CCl. The minimum absolute atomic E-state index is 0.324. The predicted octanol–water partition coefficient (Wildman–Crippen LogP) is 2.53. The van der Waals surface area contributed by atoms with E-state index in [-0.39, 0.29) is 12.2 Å². The molecular formula is C10H20Cl2O2. The van der Waals surface area contributed by atoms with Gasteiger partial charge in [-0.2, -0.15) is 0 Å². The van der Waals surface area contributed by atoms with Gasteiger partial charge in [0.1, 0.15) is 0 Å². The number of aliphatic hydroxyl groups is 2. The molecule has 0 aliphatic heterocycles. The second-order valence-electron chi connectivity index (χ2n) is 3.61. The molecule has 0 saturated carbocycles. The number of halogens is 2. The highest BCUT2D eigenvalue weighted by molar-refractivity contribution is 6.18. The van der Waals surface area contributed by atoms with Crippen molar-refractivity contribution in [2.75, 3.05) is 11.8 Å². The van der Waals surface area contributed by atoms with E-state index in [1.54, 1.807) is 0 Å². The third kappa shape index (κ3) is 9.07. The molecule has 0 aromatic heterocycles. The molecule has 0 rings (SSSR count). The number of aliphatic hydroxyl groups excluding tert-OH is 2. The van der Waals surface area contributed by atoms with Crippen molar-refractivity contribution in [1.82, 2.24) is 0 Å². The van der Waals surface area contributed by atoms with Crippen molar-refractivity contribution in [3.8, 4) is 0 Å². The third-order valence-electron chi connectivity index (χ3n) is 2.18. The van der Waals surface area contributed by atoms with Gasteiger partial charge in [0, 0.05) is 11.8 Å². The Morgan fingerprint density at radius 1 is 0.714 bits per heavy atom. The summed E-state index contributed by atoms with van der Waals surface area (Å²) in [5, 5.41) is 18.3. The summed E-state index contributed by atoms with van der Waals surface area (Å²) in [5.74, 6) is 0.649. The van der Waals surface area contributed by atoms with Crippen molar-refractivity contribution in [2.24, 2.45) is 0 Å². The lowest BCUT2D eigenvalue weighted by molar-refractivity contribution is 0.177. The molecule has 2 nitrogen and oxygen atoms in total. The Kier molecular flexibility index (Phi) is 10.4. The average Bonchev–Trinajstić information content (AvgIpc) is 2.22. The molecule has 2 atom stereocenters. The molecule has 0 amide bonds. The molecule has 0 saturated heterocycles. The first-order valence-corrected chi connectivity index (χ1v) is 6.25. The lowest BCUT2D eigenvalue weighted by Gasteiger charge is -2.07. The minimum atomic E-state index is -0.356. The van der Waals surface area contributed by atoms with Gasteiger partial charge in [0.05, 0.1) is 12.2 Å². The molecule has 0 bridgehead atoms. The first-order chi connectivity index (χ1) is 6.70. The van der Waals surface area contributed by atoms with E-state index in [2.05, 4.69) is 0 Å². The van der Waals surface area contributed by atoms with Crippen molar-refractivity contribution in [3.63, 3.8) is 0 Å². The summed E-state index contributed by atoms with van der Waals surface area (Å²) in [6.45, 7) is 0. The van der Waals surface area contributed by atoms with Gasteiger partial charge in [-0.25, -0.2) is 0 Å². The highest BCUT2D eigenvalue weighted by Crippen LogP contribution is 2.10. The molecular weight excluding hydrogens is 223 g/mol. The summed E-state index contributed by atoms with van der Waals surface area (Å²) >= 11 is 10.9. The van der Waals surface area contributed by atoms with E-state index in [0.717, 1.165) is 38.5 Å². The van der Waals surface area contributed by atoms with Gasteiger partial charge in [-0.05, 0) is 12.8 Å². The molecule has 4 heteroatoms. The van der Waals surface area contributed by atoms with Gasteiger partial charge in [0.2, 0.25) is 0 Å². The van der Waals surface area contributed by atoms with Crippen LogP contribution in [0.3, 0.4) is 0 Å². The van der Waals surface area contributed by atoms with E-state index in [0.29, 0.717) is 11.8 Å². The second kappa shape index (κ2) is 10.0. The number of hydrogen-bond donors (Lipinski definition) is 2. The van der Waals surface area contributed by atoms with Gasteiger partial charge >= 0.3 is 0 Å². The molecule has 86 valence electrons. The van der Waals surface area contributed by atoms with Crippen LogP contribution < -0.4 is 0 Å². The van der Waals surface area contributed by atoms with Crippen molar-refractivity contribution in [1.29, 1.82) is 0 Å². The molecule has 0 unspecified atom stereocenters. The molecule has 0 aromatic carbocycles. The lowest BCUT2D eigenvalue weighted by Crippen LogP contribution is -2.08. The number of unbranched alkanes of at least 4 members (excludes halogenated alkanes) is 3. The fraction of sp³-hybridized carbons (Fsp3) is 1.00. The topological polar surface area (TPSA) is 40.5 Å². The van der Waals surface area contributed by atoms with E-state index in [1.807, 2.05) is 0 Å². The molecule has 0 radical (unpaired) electrons. The maximum Gasteiger partial charge on any atom is 0.0675 e. The van der Waals surface area contributed by atoms with Crippen molar-refractivity contribution in [3.05, 3.63) is 0 Å². The first-order valence-electron chi connectivity index (χ1n) is 5.18. The summed E-state index contributed by atoms with van der Waals surface area (Å²) in [6.07, 6.45) is 5.03. The molecule has 0 spiro atoms. The Bertz CT molecular complexity index is 109. The summed E-state index contributed by atoms with van der Waals surface area (Å²) in [7, 11) is 0. The zero-order chi connectivity index (χ0) is 10.8. The second-order valence-corrected chi connectivity index (χ2v) is 4.23. The van der Waals surface area contributed by atoms with Gasteiger partial charge < -0.3 is 10.2 Å². The van der Waals surface area contributed by atoms with Crippen LogP contribution in [0.15, 0.2) is 0 Å².